The summed E-state index contributed by atoms with van der Waals surface area (Å²) in [6.07, 6.45) is 5.45. The van der Waals surface area contributed by atoms with Crippen LogP contribution in [0.2, 0.25) is 13.1 Å². The third-order valence-electron chi connectivity index (χ3n) is 2.98. The summed E-state index contributed by atoms with van der Waals surface area (Å²) >= 11 is -1.78. The minimum Gasteiger partial charge on any atom is -1.00 e. The normalized spacial score (nSPS) is 15.4. The van der Waals surface area contributed by atoms with Gasteiger partial charge in [-0.1, -0.05) is 0 Å². The molecule has 97 valence electrons. The molecule has 1 atom stereocenters. The standard InChI is InChI=1S/C9H7.C2H7Si.CH3NO.2ClH.Zr/c1-2-5-9-7-3-6-8(9)4-1;1-3-2;2-1-3;;;/h1-7H;3H,1-2H3;1H,(H2,2,3);2*1H;/q;;;;;+3/p-3. The Kier molecular flexibility index (Phi) is 8.37. The molecule has 6 heteroatoms. The summed E-state index contributed by atoms with van der Waals surface area (Å²) < 4.78 is 3.76. The monoisotopic (exact) mass is 378 g/mol. The van der Waals surface area contributed by atoms with Crippen molar-refractivity contribution in [1.29, 1.82) is 0 Å². The summed E-state index contributed by atoms with van der Waals surface area (Å²) in [6, 6.07) is 8.55. The molecule has 2 rings (SSSR count). The molecule has 1 aromatic carbocycles. The molecule has 0 radical (unpaired) electrons. The van der Waals surface area contributed by atoms with Gasteiger partial charge in [-0.05, 0) is 0 Å². The fourth-order valence-corrected chi connectivity index (χ4v) is 16.1. The summed E-state index contributed by atoms with van der Waals surface area (Å²) in [5, 5.41) is 0. The Morgan fingerprint density at radius 2 is 1.94 bits per heavy atom. The van der Waals surface area contributed by atoms with E-state index < -0.39 is 27.1 Å². The van der Waals surface area contributed by atoms with Crippen molar-refractivity contribution in [1.82, 2.24) is 3.26 Å². The minimum atomic E-state index is -1.78. The fourth-order valence-electron chi connectivity index (χ4n) is 2.20. The van der Waals surface area contributed by atoms with Gasteiger partial charge in [0, 0.05) is 0 Å². The van der Waals surface area contributed by atoms with Crippen molar-refractivity contribution >= 4 is 18.4 Å². The Hall–Kier alpha value is 0.110. The number of allylic oxidation sites excluding steroid dienone is 1. The second kappa shape index (κ2) is 8.31. The van der Waals surface area contributed by atoms with Gasteiger partial charge in [-0.3, -0.25) is 0 Å². The molecule has 1 aliphatic rings. The molecule has 1 N–H and O–H groups in total. The van der Waals surface area contributed by atoms with Gasteiger partial charge < -0.3 is 24.8 Å². The summed E-state index contributed by atoms with van der Waals surface area (Å²) in [5.41, 5.74) is 2.78. The van der Waals surface area contributed by atoms with Gasteiger partial charge in [0.15, 0.2) is 0 Å². The second-order valence-corrected chi connectivity index (χ2v) is 23.3. The maximum absolute atomic E-state index is 10.7. The topological polar surface area (TPSA) is 29.1 Å². The van der Waals surface area contributed by atoms with Gasteiger partial charge in [0.25, 0.3) is 0 Å². The van der Waals surface area contributed by atoms with E-state index >= 15 is 0 Å². The zero-order valence-corrected chi connectivity index (χ0v) is 15.5. The number of fused-ring (bicyclic) bond motifs is 1. The molecule has 0 heterocycles. The van der Waals surface area contributed by atoms with E-state index in [0.717, 1.165) is 6.41 Å². The predicted molar refractivity (Wildman–Crippen MR) is 66.3 cm³/mol. The minimum absolute atomic E-state index is 0. The fraction of sp³-hybridized carbons (Fsp3) is 0.250. The van der Waals surface area contributed by atoms with E-state index in [9.17, 15) is 4.79 Å². The average molecular weight is 380 g/mol. The number of benzene rings is 1. The molecule has 0 spiro atoms. The van der Waals surface area contributed by atoms with Crippen LogP contribution in [0.4, 0.5) is 0 Å². The first-order valence-electron chi connectivity index (χ1n) is 5.58. The maximum Gasteiger partial charge on any atom is -1.00 e. The van der Waals surface area contributed by atoms with Crippen LogP contribution in [-0.4, -0.2) is 12.3 Å². The Bertz CT molecular complexity index is 428. The molecule has 1 unspecified atom stereocenters. The van der Waals surface area contributed by atoms with E-state index in [1.54, 1.807) is 0 Å². The van der Waals surface area contributed by atoms with Gasteiger partial charge in [-0.2, -0.15) is 0 Å². The molecule has 0 saturated carbocycles. The smallest absolute Gasteiger partial charge is 1.00 e. The van der Waals surface area contributed by atoms with Crippen LogP contribution in [0.5, 0.6) is 0 Å². The molecule has 1 amide bonds. The molecule has 1 aliphatic carbocycles. The van der Waals surface area contributed by atoms with E-state index in [1.165, 1.54) is 11.1 Å². The first kappa shape index (κ1) is 18.1. The molecule has 0 fully saturated rings. The summed E-state index contributed by atoms with van der Waals surface area (Å²) in [7, 11) is 0. The Labute approximate surface area is 130 Å². The van der Waals surface area contributed by atoms with E-state index in [4.69, 9.17) is 0 Å². The van der Waals surface area contributed by atoms with Crippen molar-refractivity contribution in [3.63, 3.8) is 0 Å². The van der Waals surface area contributed by atoms with Crippen LogP contribution in [0, 0.1) is 0 Å². The number of halogens is 2. The molecule has 0 bridgehead atoms. The number of hydrogen-bond acceptors (Lipinski definition) is 1. The zero-order chi connectivity index (χ0) is 11.5. The van der Waals surface area contributed by atoms with Gasteiger partial charge in [-0.25, -0.2) is 0 Å². The largest absolute Gasteiger partial charge is 1.00 e. The first-order chi connectivity index (χ1) is 7.74. The zero-order valence-electron chi connectivity index (χ0n) is 10.4. The molecule has 2 nitrogen and oxygen atoms in total. The van der Waals surface area contributed by atoms with Crippen molar-refractivity contribution in [2.24, 2.45) is 0 Å². The number of carbonyl (C=O) groups excluding carboxylic acids is 1. The van der Waals surface area contributed by atoms with Crippen molar-refractivity contribution in [2.45, 2.75) is 16.7 Å². The third-order valence-corrected chi connectivity index (χ3v) is 20.5. The van der Waals surface area contributed by atoms with E-state index in [2.05, 4.69) is 52.8 Å². The van der Waals surface area contributed by atoms with Gasteiger partial charge in [0.2, 0.25) is 0 Å². The number of amides is 1. The van der Waals surface area contributed by atoms with Crippen molar-refractivity contribution in [3.05, 3.63) is 41.5 Å². The van der Waals surface area contributed by atoms with Crippen LogP contribution in [0.3, 0.4) is 0 Å². The van der Waals surface area contributed by atoms with Crippen LogP contribution in [0.15, 0.2) is 30.3 Å². The molecule has 18 heavy (non-hydrogen) atoms. The van der Waals surface area contributed by atoms with E-state index in [-0.39, 0.29) is 24.8 Å². The van der Waals surface area contributed by atoms with Gasteiger partial charge >= 0.3 is 106 Å². The van der Waals surface area contributed by atoms with E-state index in [0.29, 0.717) is 3.63 Å². The van der Waals surface area contributed by atoms with Crippen LogP contribution in [-0.2, 0) is 26.0 Å². The summed E-state index contributed by atoms with van der Waals surface area (Å²) in [6.45, 7) is 4.72. The van der Waals surface area contributed by atoms with Gasteiger partial charge in [0.1, 0.15) is 0 Å². The Morgan fingerprint density at radius 1 is 1.28 bits per heavy atom. The van der Waals surface area contributed by atoms with Crippen molar-refractivity contribution < 1.29 is 50.8 Å². The maximum atomic E-state index is 10.7. The average Bonchev–Trinajstić information content (AvgIpc) is 2.69. The number of nitrogens with one attached hydrogen (secondary N) is 1. The van der Waals surface area contributed by atoms with Crippen molar-refractivity contribution in [3.8, 4) is 0 Å². The van der Waals surface area contributed by atoms with Crippen LogP contribution in [0.25, 0.3) is 6.08 Å². The Balaban J connectivity index is 0.00000144. The number of hydrogen-bond donors (Lipinski definition) is 1. The van der Waals surface area contributed by atoms with Gasteiger partial charge in [-0.15, -0.1) is 0 Å². The van der Waals surface area contributed by atoms with Crippen LogP contribution >= 0.6 is 0 Å². The quantitative estimate of drug-likeness (QED) is 0.419. The SMILES string of the molecule is C[SiH](C)[Zr+2]([NH]C=O)[CH]1C=Cc2ccccc21.[Cl-].[Cl-]. The third kappa shape index (κ3) is 3.80. The van der Waals surface area contributed by atoms with Gasteiger partial charge in [0.05, 0.1) is 0 Å². The van der Waals surface area contributed by atoms with Crippen LogP contribution < -0.4 is 28.1 Å². The molecule has 0 aliphatic heterocycles. The van der Waals surface area contributed by atoms with Crippen LogP contribution in [0.1, 0.15) is 14.8 Å². The van der Waals surface area contributed by atoms with E-state index in [1.807, 2.05) is 0 Å². The predicted octanol–water partition coefficient (Wildman–Crippen LogP) is -3.97. The number of carbonyl (C=O) groups is 1. The second-order valence-electron chi connectivity index (χ2n) is 4.34. The molecule has 1 aromatic rings. The Morgan fingerprint density at radius 3 is 2.56 bits per heavy atom. The van der Waals surface area contributed by atoms with Crippen molar-refractivity contribution in [2.75, 3.05) is 0 Å². The molecular weight excluding hydrogens is 364 g/mol. The first-order valence-corrected chi connectivity index (χ1v) is 15.4. The summed E-state index contributed by atoms with van der Waals surface area (Å²) in [5.74, 6) is -0.712. The molecule has 0 aromatic heterocycles. The summed E-state index contributed by atoms with van der Waals surface area (Å²) in [4.78, 5) is 10.7. The number of rotatable bonds is 4. The molecular formula is C12H16Cl2NOSiZr. The molecule has 0 saturated heterocycles.